The molecule has 1 aromatic carbocycles. The normalized spacial score (nSPS) is 23.4. The zero-order chi connectivity index (χ0) is 25.6. The SMILES string of the molecule is COc1cnc(-c2cc(-c3ccc(F)c([C@]4(C)C[S@@](=N)(=O)C(C)(C)C(NC(=O)O)=N4)c3)on2)cn1. The molecule has 13 heteroatoms. The Morgan fingerprint density at radius 2 is 1.97 bits per heavy atom. The number of aliphatic imine (C=N–C) groups is 1. The van der Waals surface area contributed by atoms with Crippen LogP contribution in [-0.4, -0.2) is 54.0 Å². The quantitative estimate of drug-likeness (QED) is 0.486. The number of amides is 1. The van der Waals surface area contributed by atoms with Crippen molar-refractivity contribution < 1.29 is 27.8 Å². The summed E-state index contributed by atoms with van der Waals surface area (Å²) in [5, 5.41) is 15.4. The van der Waals surface area contributed by atoms with Gasteiger partial charge in [-0.15, -0.1) is 0 Å². The number of nitrogens with zero attached hydrogens (tertiary/aromatic N) is 4. The molecular weight excluding hydrogens is 479 g/mol. The first-order valence-electron chi connectivity index (χ1n) is 10.4. The zero-order valence-electron chi connectivity index (χ0n) is 19.3. The van der Waals surface area contributed by atoms with Gasteiger partial charge in [-0.3, -0.25) is 15.1 Å². The average molecular weight is 503 g/mol. The molecule has 1 amide bonds. The summed E-state index contributed by atoms with van der Waals surface area (Å²) in [7, 11) is -1.95. The number of aromatic nitrogens is 3. The van der Waals surface area contributed by atoms with Crippen LogP contribution in [0.4, 0.5) is 9.18 Å². The van der Waals surface area contributed by atoms with Gasteiger partial charge < -0.3 is 14.4 Å². The minimum absolute atomic E-state index is 0.0392. The number of hydrogen-bond donors (Lipinski definition) is 3. The second-order valence-electron chi connectivity index (χ2n) is 8.71. The van der Waals surface area contributed by atoms with E-state index in [1.165, 1.54) is 58.5 Å². The van der Waals surface area contributed by atoms with Gasteiger partial charge in [0.1, 0.15) is 33.3 Å². The summed E-state index contributed by atoms with van der Waals surface area (Å²) in [6.45, 7) is 4.46. The van der Waals surface area contributed by atoms with Crippen LogP contribution in [0.5, 0.6) is 5.88 Å². The maximum atomic E-state index is 15.1. The monoisotopic (exact) mass is 502 g/mol. The molecule has 0 saturated heterocycles. The highest BCUT2D eigenvalue weighted by Gasteiger charge is 2.48. The summed E-state index contributed by atoms with van der Waals surface area (Å²) in [6.07, 6.45) is 1.49. The number of amidine groups is 1. The molecule has 1 aliphatic rings. The van der Waals surface area contributed by atoms with Crippen molar-refractivity contribution in [2.75, 3.05) is 12.9 Å². The van der Waals surface area contributed by atoms with Crippen LogP contribution >= 0.6 is 0 Å². The highest BCUT2D eigenvalue weighted by atomic mass is 32.2. The summed E-state index contributed by atoms with van der Waals surface area (Å²) in [6, 6.07) is 5.76. The molecule has 11 nitrogen and oxygen atoms in total. The predicted octanol–water partition coefficient (Wildman–Crippen LogP) is 3.67. The molecule has 0 spiro atoms. The topological polar surface area (TPSA) is 164 Å². The smallest absolute Gasteiger partial charge is 0.410 e. The van der Waals surface area contributed by atoms with Crippen LogP contribution in [0, 0.1) is 10.6 Å². The molecule has 3 aromatic rings. The summed E-state index contributed by atoms with van der Waals surface area (Å²) >= 11 is 0. The van der Waals surface area contributed by atoms with Gasteiger partial charge in [-0.25, -0.2) is 23.4 Å². The maximum Gasteiger partial charge on any atom is 0.410 e. The van der Waals surface area contributed by atoms with Crippen molar-refractivity contribution in [2.24, 2.45) is 4.99 Å². The Labute approximate surface area is 200 Å². The predicted molar refractivity (Wildman–Crippen MR) is 125 cm³/mol. The number of carboxylic acid groups (broad SMARTS) is 1. The van der Waals surface area contributed by atoms with Gasteiger partial charge >= 0.3 is 6.09 Å². The lowest BCUT2D eigenvalue weighted by atomic mass is 9.91. The molecule has 0 unspecified atom stereocenters. The summed E-state index contributed by atoms with van der Waals surface area (Å²) in [5.74, 6) is -0.471. The van der Waals surface area contributed by atoms with E-state index in [0.717, 1.165) is 0 Å². The fraction of sp³-hybridized carbons (Fsp3) is 0.318. The third kappa shape index (κ3) is 4.34. The van der Waals surface area contributed by atoms with E-state index < -0.39 is 31.9 Å². The molecule has 4 rings (SSSR count). The van der Waals surface area contributed by atoms with Crippen molar-refractivity contribution in [1.82, 2.24) is 20.4 Å². The van der Waals surface area contributed by atoms with Crippen molar-refractivity contribution in [3.63, 3.8) is 0 Å². The van der Waals surface area contributed by atoms with Crippen LogP contribution in [0.25, 0.3) is 22.7 Å². The van der Waals surface area contributed by atoms with Crippen molar-refractivity contribution in [3.8, 4) is 28.6 Å². The van der Waals surface area contributed by atoms with Crippen LogP contribution in [0.1, 0.15) is 26.3 Å². The molecule has 2 atom stereocenters. The number of ether oxygens (including phenoxy) is 1. The molecule has 184 valence electrons. The number of benzene rings is 1. The molecule has 0 saturated carbocycles. The number of methoxy groups -OCH3 is 1. The Hall–Kier alpha value is -3.87. The Morgan fingerprint density at radius 3 is 2.60 bits per heavy atom. The first kappa shape index (κ1) is 24.3. The van der Waals surface area contributed by atoms with E-state index >= 15 is 4.39 Å². The van der Waals surface area contributed by atoms with Gasteiger partial charge in [-0.2, -0.15) is 0 Å². The largest absolute Gasteiger partial charge is 0.480 e. The summed E-state index contributed by atoms with van der Waals surface area (Å²) in [4.78, 5) is 24.1. The second-order valence-corrected chi connectivity index (χ2v) is 11.4. The Morgan fingerprint density at radius 1 is 1.23 bits per heavy atom. The summed E-state index contributed by atoms with van der Waals surface area (Å²) < 4.78 is 45.9. The summed E-state index contributed by atoms with van der Waals surface area (Å²) in [5.41, 5.74) is -0.153. The minimum Gasteiger partial charge on any atom is -0.480 e. The van der Waals surface area contributed by atoms with Gasteiger partial charge in [0.2, 0.25) is 5.88 Å². The third-order valence-corrected chi connectivity index (χ3v) is 8.71. The van der Waals surface area contributed by atoms with Crippen LogP contribution in [0.3, 0.4) is 0 Å². The Balaban J connectivity index is 1.77. The fourth-order valence-electron chi connectivity index (χ4n) is 3.74. The van der Waals surface area contributed by atoms with Crippen molar-refractivity contribution in [3.05, 3.63) is 48.0 Å². The van der Waals surface area contributed by atoms with Crippen molar-refractivity contribution in [1.29, 1.82) is 4.78 Å². The number of carbonyl (C=O) groups is 1. The molecule has 0 radical (unpaired) electrons. The first-order valence-corrected chi connectivity index (χ1v) is 12.1. The minimum atomic E-state index is -3.43. The average Bonchev–Trinajstić information content (AvgIpc) is 3.27. The molecule has 2 aromatic heterocycles. The Kier molecular flexibility index (Phi) is 5.83. The van der Waals surface area contributed by atoms with Gasteiger partial charge in [-0.1, -0.05) is 5.16 Å². The van der Waals surface area contributed by atoms with E-state index in [0.29, 0.717) is 28.6 Å². The molecule has 0 fully saturated rings. The van der Waals surface area contributed by atoms with Crippen LogP contribution in [0.2, 0.25) is 0 Å². The van der Waals surface area contributed by atoms with Crippen LogP contribution in [-0.2, 0) is 15.3 Å². The van der Waals surface area contributed by atoms with Crippen molar-refractivity contribution >= 4 is 21.7 Å². The maximum absolute atomic E-state index is 15.1. The van der Waals surface area contributed by atoms with Gasteiger partial charge in [-0.05, 0) is 39.0 Å². The van der Waals surface area contributed by atoms with Gasteiger partial charge in [0.15, 0.2) is 5.76 Å². The van der Waals surface area contributed by atoms with Gasteiger partial charge in [0.05, 0.1) is 35.0 Å². The standard InChI is InChI=1S/C22H23FN6O5S/c1-21(2)19(27-20(30)31)28-22(3,11-35(21,24)32)13-7-12(5-6-14(13)23)17-8-15(29-34-17)16-9-26-18(33-4)10-25-16/h5-10,24H,11H2,1-4H3,(H,27,28)(H,30,31)/t22-,35+/m0/s1. The molecular formula is C22H23FN6O5S. The van der Waals surface area contributed by atoms with E-state index in [9.17, 15) is 14.1 Å². The van der Waals surface area contributed by atoms with Crippen molar-refractivity contribution in [2.45, 2.75) is 31.1 Å². The number of hydrogen-bond acceptors (Lipinski definition) is 9. The molecule has 3 heterocycles. The van der Waals surface area contributed by atoms with E-state index in [1.54, 1.807) is 6.07 Å². The fourth-order valence-corrected chi connectivity index (χ4v) is 5.52. The molecule has 0 aliphatic carbocycles. The highest BCUT2D eigenvalue weighted by Crippen LogP contribution is 2.40. The van der Waals surface area contributed by atoms with Crippen LogP contribution in [0.15, 0.2) is 46.2 Å². The molecule has 1 aliphatic heterocycles. The number of nitrogens with one attached hydrogen (secondary N) is 2. The second kappa shape index (κ2) is 8.41. The van der Waals surface area contributed by atoms with Gasteiger partial charge in [0.25, 0.3) is 0 Å². The van der Waals surface area contributed by atoms with E-state index in [1.807, 2.05) is 0 Å². The zero-order valence-corrected chi connectivity index (χ0v) is 20.1. The lowest BCUT2D eigenvalue weighted by molar-refractivity contribution is 0.199. The Bertz CT molecular complexity index is 1430. The lowest BCUT2D eigenvalue weighted by Gasteiger charge is -2.40. The van der Waals surface area contributed by atoms with Crippen LogP contribution < -0.4 is 10.1 Å². The molecule has 3 N–H and O–H groups in total. The molecule has 35 heavy (non-hydrogen) atoms. The van der Waals surface area contributed by atoms with E-state index in [4.69, 9.17) is 14.0 Å². The van der Waals surface area contributed by atoms with Gasteiger partial charge in [0, 0.05) is 17.2 Å². The third-order valence-electron chi connectivity index (χ3n) is 5.90. The number of halogens is 1. The van der Waals surface area contributed by atoms with E-state index in [-0.39, 0.29) is 17.2 Å². The lowest BCUT2D eigenvalue weighted by Crippen LogP contribution is -2.57. The highest BCUT2D eigenvalue weighted by molar-refractivity contribution is 7.94. The van der Waals surface area contributed by atoms with E-state index in [2.05, 4.69) is 25.4 Å². The first-order chi connectivity index (χ1) is 16.4. The molecule has 0 bridgehead atoms. The number of rotatable bonds is 4.